The van der Waals surface area contributed by atoms with Gasteiger partial charge in [0.05, 0.1) is 4.92 Å². The van der Waals surface area contributed by atoms with Gasteiger partial charge in [-0.2, -0.15) is 4.39 Å². The maximum absolute atomic E-state index is 14.0. The van der Waals surface area contributed by atoms with Crippen molar-refractivity contribution >= 4 is 5.69 Å². The van der Waals surface area contributed by atoms with E-state index in [0.29, 0.717) is 18.2 Å². The van der Waals surface area contributed by atoms with E-state index < -0.39 is 16.4 Å². The number of benzene rings is 1. The van der Waals surface area contributed by atoms with Crippen molar-refractivity contribution in [3.63, 3.8) is 0 Å². The minimum absolute atomic E-state index is 0.339. The minimum Gasteiger partial charge on any atom is -0.310 e. The third kappa shape index (κ3) is 4.22. The number of hydrogen-bond donors (Lipinski definition) is 1. The number of nitrogens with zero attached hydrogens (tertiary/aromatic N) is 2. The van der Waals surface area contributed by atoms with Crippen molar-refractivity contribution in [1.29, 1.82) is 0 Å². The summed E-state index contributed by atoms with van der Waals surface area (Å²) in [5.74, 6) is -0.724. The minimum atomic E-state index is -0.724. The van der Waals surface area contributed by atoms with E-state index in [1.54, 1.807) is 6.07 Å². The fraction of sp³-hybridized carbons (Fsp3) is 0.600. The molecule has 1 heterocycles. The SMILES string of the molecule is CCCN1CCC(NCc2cccc([N+](=O)[O-])c2F)CC1. The van der Waals surface area contributed by atoms with Gasteiger partial charge >= 0.3 is 5.69 Å². The summed E-state index contributed by atoms with van der Waals surface area (Å²) in [5, 5.41) is 14.0. The molecule has 1 aromatic carbocycles. The summed E-state index contributed by atoms with van der Waals surface area (Å²) in [6.07, 6.45) is 3.24. The Morgan fingerprint density at radius 3 is 2.76 bits per heavy atom. The van der Waals surface area contributed by atoms with Gasteiger partial charge in [-0.05, 0) is 38.9 Å². The first-order valence-electron chi connectivity index (χ1n) is 7.49. The van der Waals surface area contributed by atoms with E-state index in [1.165, 1.54) is 12.1 Å². The monoisotopic (exact) mass is 295 g/mol. The Morgan fingerprint density at radius 2 is 2.14 bits per heavy atom. The van der Waals surface area contributed by atoms with Crippen LogP contribution in [0.1, 0.15) is 31.7 Å². The normalized spacial score (nSPS) is 17.0. The van der Waals surface area contributed by atoms with Crippen LogP contribution < -0.4 is 5.32 Å². The summed E-state index contributed by atoms with van der Waals surface area (Å²) < 4.78 is 14.0. The van der Waals surface area contributed by atoms with Crippen LogP contribution in [0.4, 0.5) is 10.1 Å². The smallest absolute Gasteiger partial charge is 0.305 e. The largest absolute Gasteiger partial charge is 0.310 e. The van der Waals surface area contributed by atoms with E-state index in [-0.39, 0.29) is 0 Å². The van der Waals surface area contributed by atoms with Crippen LogP contribution in [0.5, 0.6) is 0 Å². The molecule has 0 amide bonds. The van der Waals surface area contributed by atoms with Crippen LogP contribution in [0.2, 0.25) is 0 Å². The fourth-order valence-corrected chi connectivity index (χ4v) is 2.77. The van der Waals surface area contributed by atoms with Gasteiger partial charge in [-0.15, -0.1) is 0 Å². The maximum atomic E-state index is 14.0. The van der Waals surface area contributed by atoms with Crippen molar-refractivity contribution < 1.29 is 9.31 Å². The maximum Gasteiger partial charge on any atom is 0.305 e. The molecule has 1 aromatic rings. The van der Waals surface area contributed by atoms with E-state index in [4.69, 9.17) is 0 Å². The van der Waals surface area contributed by atoms with Gasteiger partial charge in [0.15, 0.2) is 0 Å². The molecule has 0 aromatic heterocycles. The standard InChI is InChI=1S/C15H22FN3O2/c1-2-8-18-9-6-13(7-10-18)17-11-12-4-3-5-14(15(12)16)19(20)21/h3-5,13,17H,2,6-11H2,1H3. The summed E-state index contributed by atoms with van der Waals surface area (Å²) in [7, 11) is 0. The lowest BCUT2D eigenvalue weighted by molar-refractivity contribution is -0.387. The lowest BCUT2D eigenvalue weighted by Gasteiger charge is -2.32. The molecule has 1 aliphatic heterocycles. The van der Waals surface area contributed by atoms with Gasteiger partial charge in [0, 0.05) is 24.2 Å². The first-order chi connectivity index (χ1) is 10.1. The molecular weight excluding hydrogens is 273 g/mol. The second-order valence-corrected chi connectivity index (χ2v) is 5.50. The molecule has 0 aliphatic carbocycles. The van der Waals surface area contributed by atoms with Crippen LogP contribution >= 0.6 is 0 Å². The second kappa shape index (κ2) is 7.47. The number of nitro benzene ring substituents is 1. The molecule has 0 bridgehead atoms. The summed E-state index contributed by atoms with van der Waals surface area (Å²) in [6.45, 7) is 5.76. The number of likely N-dealkylation sites (tertiary alicyclic amines) is 1. The molecule has 1 aliphatic rings. The highest BCUT2D eigenvalue weighted by atomic mass is 19.1. The molecule has 2 rings (SSSR count). The number of nitrogens with one attached hydrogen (secondary N) is 1. The Kier molecular flexibility index (Phi) is 5.64. The van der Waals surface area contributed by atoms with Gasteiger partial charge < -0.3 is 10.2 Å². The van der Waals surface area contributed by atoms with Gasteiger partial charge in [0.2, 0.25) is 5.82 Å². The van der Waals surface area contributed by atoms with Gasteiger partial charge in [-0.1, -0.05) is 19.1 Å². The molecule has 1 saturated heterocycles. The summed E-state index contributed by atoms with van der Waals surface area (Å²) in [4.78, 5) is 12.5. The number of piperidine rings is 1. The van der Waals surface area contributed by atoms with Crippen LogP contribution in [0.15, 0.2) is 18.2 Å². The fourth-order valence-electron chi connectivity index (χ4n) is 2.77. The first kappa shape index (κ1) is 15.9. The molecular formula is C15H22FN3O2. The summed E-state index contributed by atoms with van der Waals surface area (Å²) in [6, 6.07) is 4.68. The topological polar surface area (TPSA) is 58.4 Å². The number of nitro groups is 1. The average molecular weight is 295 g/mol. The van der Waals surface area contributed by atoms with Gasteiger partial charge in [0.25, 0.3) is 0 Å². The van der Waals surface area contributed by atoms with Gasteiger partial charge in [0.1, 0.15) is 0 Å². The molecule has 5 nitrogen and oxygen atoms in total. The molecule has 1 N–H and O–H groups in total. The van der Waals surface area contributed by atoms with Gasteiger partial charge in [-0.25, -0.2) is 0 Å². The highest BCUT2D eigenvalue weighted by Crippen LogP contribution is 2.20. The molecule has 116 valence electrons. The van der Waals surface area contributed by atoms with Gasteiger partial charge in [-0.3, -0.25) is 10.1 Å². The zero-order valence-electron chi connectivity index (χ0n) is 12.3. The zero-order valence-corrected chi connectivity index (χ0v) is 12.3. The molecule has 1 fully saturated rings. The second-order valence-electron chi connectivity index (χ2n) is 5.50. The van der Waals surface area contributed by atoms with E-state index in [9.17, 15) is 14.5 Å². The number of halogens is 1. The average Bonchev–Trinajstić information content (AvgIpc) is 2.48. The quantitative estimate of drug-likeness (QED) is 0.647. The summed E-state index contributed by atoms with van der Waals surface area (Å²) in [5.41, 5.74) is -0.0905. The lowest BCUT2D eigenvalue weighted by atomic mass is 10.0. The highest BCUT2D eigenvalue weighted by Gasteiger charge is 2.20. The van der Waals surface area contributed by atoms with Crippen molar-refractivity contribution in [2.75, 3.05) is 19.6 Å². The van der Waals surface area contributed by atoms with Crippen molar-refractivity contribution in [3.8, 4) is 0 Å². The van der Waals surface area contributed by atoms with Crippen LogP contribution in [0.25, 0.3) is 0 Å². The van der Waals surface area contributed by atoms with Crippen molar-refractivity contribution in [3.05, 3.63) is 39.7 Å². The van der Waals surface area contributed by atoms with E-state index >= 15 is 0 Å². The molecule has 0 spiro atoms. The highest BCUT2D eigenvalue weighted by molar-refractivity contribution is 5.36. The van der Waals surface area contributed by atoms with Crippen molar-refractivity contribution in [2.45, 2.75) is 38.8 Å². The number of rotatable bonds is 6. The predicted molar refractivity (Wildman–Crippen MR) is 79.6 cm³/mol. The third-order valence-corrected chi connectivity index (χ3v) is 3.96. The molecule has 6 heteroatoms. The molecule has 21 heavy (non-hydrogen) atoms. The van der Waals surface area contributed by atoms with E-state index in [2.05, 4.69) is 17.1 Å². The molecule has 0 radical (unpaired) electrons. The Balaban J connectivity index is 1.87. The van der Waals surface area contributed by atoms with Crippen molar-refractivity contribution in [1.82, 2.24) is 10.2 Å². The third-order valence-electron chi connectivity index (χ3n) is 3.96. The lowest BCUT2D eigenvalue weighted by Crippen LogP contribution is -2.42. The van der Waals surface area contributed by atoms with E-state index in [0.717, 1.165) is 38.9 Å². The molecule has 0 saturated carbocycles. The Hall–Kier alpha value is -1.53. The number of hydrogen-bond acceptors (Lipinski definition) is 4. The Morgan fingerprint density at radius 1 is 1.43 bits per heavy atom. The Labute approximate surface area is 124 Å². The van der Waals surface area contributed by atoms with Crippen LogP contribution in [0.3, 0.4) is 0 Å². The predicted octanol–water partition coefficient (Wildman–Crippen LogP) is 2.70. The first-order valence-corrected chi connectivity index (χ1v) is 7.49. The summed E-state index contributed by atoms with van der Waals surface area (Å²) >= 11 is 0. The molecule has 0 atom stereocenters. The van der Waals surface area contributed by atoms with Crippen molar-refractivity contribution in [2.24, 2.45) is 0 Å². The van der Waals surface area contributed by atoms with E-state index in [1.807, 2.05) is 0 Å². The molecule has 0 unspecified atom stereocenters. The zero-order chi connectivity index (χ0) is 15.2. The Bertz CT molecular complexity index is 488. The van der Waals surface area contributed by atoms with Crippen LogP contribution in [0, 0.1) is 15.9 Å². The van der Waals surface area contributed by atoms with Crippen LogP contribution in [-0.2, 0) is 6.54 Å². The van der Waals surface area contributed by atoms with Crippen LogP contribution in [-0.4, -0.2) is 35.5 Å².